The van der Waals surface area contributed by atoms with Gasteiger partial charge in [-0.15, -0.1) is 11.3 Å². The van der Waals surface area contributed by atoms with Gasteiger partial charge in [0, 0.05) is 17.3 Å². The van der Waals surface area contributed by atoms with E-state index in [1.807, 2.05) is 38.1 Å². The van der Waals surface area contributed by atoms with E-state index in [0.717, 1.165) is 15.6 Å². The lowest BCUT2D eigenvalue weighted by Gasteiger charge is -2.25. The molecule has 0 radical (unpaired) electrons. The fourth-order valence-corrected chi connectivity index (χ4v) is 6.04. The zero-order chi connectivity index (χ0) is 18.2. The van der Waals surface area contributed by atoms with Crippen LogP contribution >= 0.6 is 34.5 Å². The maximum atomic E-state index is 13.2. The Balaban J connectivity index is 1.99. The summed E-state index contributed by atoms with van der Waals surface area (Å²) < 4.78 is 29.1. The van der Waals surface area contributed by atoms with Gasteiger partial charge in [-0.05, 0) is 49.1 Å². The van der Waals surface area contributed by atoms with Gasteiger partial charge in [0.15, 0.2) is 0 Å². The molecule has 132 valence electrons. The average Bonchev–Trinajstić information content (AvgIpc) is 3.00. The lowest BCUT2D eigenvalue weighted by Crippen LogP contribution is -2.36. The minimum absolute atomic E-state index is 0.190. The number of halogens is 2. The van der Waals surface area contributed by atoms with Gasteiger partial charge in [0.25, 0.3) is 10.0 Å². The summed E-state index contributed by atoms with van der Waals surface area (Å²) in [7, 11) is -3.61. The van der Waals surface area contributed by atoms with Crippen molar-refractivity contribution < 1.29 is 8.42 Å². The maximum Gasteiger partial charge on any atom is 0.253 e. The number of hydrogen-bond acceptors (Lipinski definition) is 3. The van der Waals surface area contributed by atoms with Gasteiger partial charge < -0.3 is 0 Å². The zero-order valence-electron chi connectivity index (χ0n) is 13.7. The van der Waals surface area contributed by atoms with E-state index >= 15 is 0 Å². The predicted molar refractivity (Wildman–Crippen MR) is 106 cm³/mol. The molecule has 1 heterocycles. The molecule has 0 spiro atoms. The molecule has 0 fully saturated rings. The number of hydrogen-bond donors (Lipinski definition) is 0. The number of thiophene rings is 1. The van der Waals surface area contributed by atoms with E-state index in [-0.39, 0.29) is 12.6 Å². The van der Waals surface area contributed by atoms with E-state index < -0.39 is 10.0 Å². The molecule has 3 aromatic rings. The number of sulfonamides is 1. The molecule has 0 aliphatic heterocycles. The third-order valence-electron chi connectivity index (χ3n) is 3.86. The zero-order valence-corrected chi connectivity index (χ0v) is 16.9. The van der Waals surface area contributed by atoms with Crippen molar-refractivity contribution in [3.8, 4) is 0 Å². The number of fused-ring (bicyclic) bond motifs is 1. The normalized spacial score (nSPS) is 12.4. The Hall–Kier alpha value is -1.11. The molecule has 0 unspecified atom stereocenters. The minimum Gasteiger partial charge on any atom is -0.206 e. The maximum absolute atomic E-state index is 13.2. The van der Waals surface area contributed by atoms with Crippen LogP contribution in [0.5, 0.6) is 0 Å². The van der Waals surface area contributed by atoms with Gasteiger partial charge in [-0.2, -0.15) is 4.31 Å². The third kappa shape index (κ3) is 3.86. The summed E-state index contributed by atoms with van der Waals surface area (Å²) in [4.78, 5) is 0. The van der Waals surface area contributed by atoms with Crippen LogP contribution in [0.3, 0.4) is 0 Å². The van der Waals surface area contributed by atoms with Gasteiger partial charge in [-0.1, -0.05) is 47.5 Å². The number of nitrogens with zero attached hydrogens (tertiary/aromatic N) is 1. The van der Waals surface area contributed by atoms with Crippen molar-refractivity contribution in [2.75, 3.05) is 0 Å². The molecule has 3 rings (SSSR count). The van der Waals surface area contributed by atoms with Gasteiger partial charge in [0.1, 0.15) is 4.21 Å². The Morgan fingerprint density at radius 1 is 1.04 bits per heavy atom. The fraction of sp³-hybridized carbons (Fsp3) is 0.222. The second-order valence-corrected chi connectivity index (χ2v) is 10.0. The van der Waals surface area contributed by atoms with Crippen LogP contribution in [0.2, 0.25) is 10.0 Å². The largest absolute Gasteiger partial charge is 0.253 e. The highest BCUT2D eigenvalue weighted by atomic mass is 35.5. The van der Waals surface area contributed by atoms with Crippen molar-refractivity contribution in [3.63, 3.8) is 0 Å². The molecule has 0 N–H and O–H groups in total. The van der Waals surface area contributed by atoms with E-state index in [1.165, 1.54) is 15.6 Å². The van der Waals surface area contributed by atoms with Crippen molar-refractivity contribution in [2.45, 2.75) is 30.6 Å². The lowest BCUT2D eigenvalue weighted by atomic mass is 10.2. The van der Waals surface area contributed by atoms with Crippen LogP contribution < -0.4 is 0 Å². The lowest BCUT2D eigenvalue weighted by molar-refractivity contribution is 0.349. The highest BCUT2D eigenvalue weighted by Crippen LogP contribution is 2.32. The second-order valence-electron chi connectivity index (χ2n) is 6.00. The third-order valence-corrected chi connectivity index (χ3v) is 8.19. The van der Waals surface area contributed by atoms with E-state index in [4.69, 9.17) is 23.2 Å². The van der Waals surface area contributed by atoms with Crippen molar-refractivity contribution in [3.05, 3.63) is 64.1 Å². The summed E-state index contributed by atoms with van der Waals surface area (Å²) in [6, 6.07) is 14.4. The Morgan fingerprint density at radius 2 is 1.76 bits per heavy atom. The summed E-state index contributed by atoms with van der Waals surface area (Å²) >= 11 is 13.3. The molecule has 0 aliphatic rings. The Morgan fingerprint density at radius 3 is 2.40 bits per heavy atom. The van der Waals surface area contributed by atoms with Crippen LogP contribution in [0.25, 0.3) is 10.1 Å². The fourth-order valence-electron chi connectivity index (χ4n) is 2.56. The molecular formula is C18H17Cl2NO2S2. The molecule has 3 nitrogen and oxygen atoms in total. The van der Waals surface area contributed by atoms with Crippen molar-refractivity contribution in [2.24, 2.45) is 0 Å². The molecule has 0 saturated heterocycles. The van der Waals surface area contributed by atoms with Gasteiger partial charge in [0.05, 0.1) is 10.0 Å². The summed E-state index contributed by atoms with van der Waals surface area (Å²) in [5, 5.41) is 1.81. The molecule has 25 heavy (non-hydrogen) atoms. The van der Waals surface area contributed by atoms with Crippen LogP contribution in [0, 0.1) is 0 Å². The highest BCUT2D eigenvalue weighted by Gasteiger charge is 2.29. The standard InChI is InChI=1S/C18H17Cl2NO2S2/c1-12(2)21(11-13-7-8-15(19)16(20)9-13)25(22,23)18-10-14-5-3-4-6-17(14)24-18/h3-10,12H,11H2,1-2H3. The summed E-state index contributed by atoms with van der Waals surface area (Å²) in [5.41, 5.74) is 0.799. The molecule has 7 heteroatoms. The predicted octanol–water partition coefficient (Wildman–Crippen LogP) is 5.81. The van der Waals surface area contributed by atoms with Crippen molar-refractivity contribution in [1.29, 1.82) is 0 Å². The second kappa shape index (κ2) is 7.25. The van der Waals surface area contributed by atoms with Crippen molar-refractivity contribution >= 4 is 54.6 Å². The first-order valence-corrected chi connectivity index (χ1v) is 10.7. The average molecular weight is 414 g/mol. The van der Waals surface area contributed by atoms with Gasteiger partial charge in [0.2, 0.25) is 0 Å². The molecule has 2 aromatic carbocycles. The smallest absolute Gasteiger partial charge is 0.206 e. The van der Waals surface area contributed by atoms with Crippen LogP contribution in [0.4, 0.5) is 0 Å². The monoisotopic (exact) mass is 413 g/mol. The summed E-state index contributed by atoms with van der Waals surface area (Å²) in [5.74, 6) is 0. The Labute approximate surface area is 161 Å². The molecule has 0 bridgehead atoms. The summed E-state index contributed by atoms with van der Waals surface area (Å²) in [6.07, 6.45) is 0. The molecule has 1 aromatic heterocycles. The SMILES string of the molecule is CC(C)N(Cc1ccc(Cl)c(Cl)c1)S(=O)(=O)c1cc2ccccc2s1. The first kappa shape index (κ1) is 18.7. The van der Waals surface area contributed by atoms with E-state index in [9.17, 15) is 8.42 Å². The van der Waals surface area contributed by atoms with Gasteiger partial charge >= 0.3 is 0 Å². The van der Waals surface area contributed by atoms with E-state index in [1.54, 1.807) is 24.3 Å². The molecule has 0 aliphatic carbocycles. The molecule has 0 saturated carbocycles. The minimum atomic E-state index is -3.61. The van der Waals surface area contributed by atoms with Crippen LogP contribution in [-0.4, -0.2) is 18.8 Å². The molecular weight excluding hydrogens is 397 g/mol. The van der Waals surface area contributed by atoms with Gasteiger partial charge in [-0.25, -0.2) is 8.42 Å². The van der Waals surface area contributed by atoms with Gasteiger partial charge in [-0.3, -0.25) is 0 Å². The topological polar surface area (TPSA) is 37.4 Å². The Kier molecular flexibility index (Phi) is 5.42. The van der Waals surface area contributed by atoms with Crippen LogP contribution in [0.1, 0.15) is 19.4 Å². The van der Waals surface area contributed by atoms with Crippen LogP contribution in [-0.2, 0) is 16.6 Å². The molecule has 0 amide bonds. The van der Waals surface area contributed by atoms with E-state index in [0.29, 0.717) is 14.3 Å². The number of benzene rings is 2. The first-order valence-electron chi connectivity index (χ1n) is 7.73. The Bertz CT molecular complexity index is 980. The quantitative estimate of drug-likeness (QED) is 0.529. The molecule has 0 atom stereocenters. The summed E-state index contributed by atoms with van der Waals surface area (Å²) in [6.45, 7) is 3.97. The number of rotatable bonds is 5. The van der Waals surface area contributed by atoms with E-state index in [2.05, 4.69) is 0 Å². The highest BCUT2D eigenvalue weighted by molar-refractivity contribution is 7.91. The first-order chi connectivity index (χ1) is 11.8. The van der Waals surface area contributed by atoms with Crippen molar-refractivity contribution in [1.82, 2.24) is 4.31 Å². The van der Waals surface area contributed by atoms with Crippen LogP contribution in [0.15, 0.2) is 52.7 Å².